The number of nitrogens with zero attached hydrogens (tertiary/aromatic N) is 2. The third-order valence-electron chi connectivity index (χ3n) is 5.78. The molecule has 2 saturated carbocycles. The molecule has 1 aromatic rings. The van der Waals surface area contributed by atoms with Crippen LogP contribution in [0.3, 0.4) is 0 Å². The number of hydrogen-bond acceptors (Lipinski definition) is 2. The summed E-state index contributed by atoms with van der Waals surface area (Å²) in [6.45, 7) is 0.254. The smallest absolute Gasteiger partial charge is 0.250 e. The Morgan fingerprint density at radius 1 is 0.840 bits per heavy atom. The van der Waals surface area contributed by atoms with Gasteiger partial charge in [-0.05, 0) is 43.4 Å². The molecular weight excluding hydrogens is 336 g/mol. The summed E-state index contributed by atoms with van der Waals surface area (Å²) >= 11 is 6.02. The zero-order valence-corrected chi connectivity index (χ0v) is 15.3. The van der Waals surface area contributed by atoms with E-state index >= 15 is 0 Å². The average molecular weight is 361 g/mol. The Kier molecular flexibility index (Phi) is 4.72. The van der Waals surface area contributed by atoms with Gasteiger partial charge >= 0.3 is 0 Å². The summed E-state index contributed by atoms with van der Waals surface area (Å²) in [5.74, 6) is 0.201. The van der Waals surface area contributed by atoms with Crippen LogP contribution in [-0.2, 0) is 9.59 Å². The van der Waals surface area contributed by atoms with E-state index in [1.807, 2.05) is 34.1 Å². The van der Waals surface area contributed by atoms with Gasteiger partial charge in [0.25, 0.3) is 5.91 Å². The predicted molar refractivity (Wildman–Crippen MR) is 97.3 cm³/mol. The van der Waals surface area contributed by atoms with Gasteiger partial charge in [0.05, 0.1) is 0 Å². The van der Waals surface area contributed by atoms with Gasteiger partial charge in [-0.3, -0.25) is 9.59 Å². The van der Waals surface area contributed by atoms with Crippen molar-refractivity contribution in [3.8, 4) is 0 Å². The highest BCUT2D eigenvalue weighted by atomic mass is 35.5. The molecule has 0 spiro atoms. The summed E-state index contributed by atoms with van der Waals surface area (Å²) in [7, 11) is 0. The highest BCUT2D eigenvalue weighted by molar-refractivity contribution is 6.30. The monoisotopic (exact) mass is 360 g/mol. The molecule has 0 bridgehead atoms. The molecule has 5 heteroatoms. The van der Waals surface area contributed by atoms with Gasteiger partial charge in [0, 0.05) is 17.1 Å². The van der Waals surface area contributed by atoms with Crippen molar-refractivity contribution in [3.63, 3.8) is 0 Å². The lowest BCUT2D eigenvalue weighted by atomic mass is 9.97. The van der Waals surface area contributed by atoms with Gasteiger partial charge in [-0.1, -0.05) is 49.4 Å². The molecule has 0 aromatic heterocycles. The first-order valence-electron chi connectivity index (χ1n) is 9.52. The lowest BCUT2D eigenvalue weighted by Crippen LogP contribution is -2.58. The van der Waals surface area contributed by atoms with Crippen LogP contribution in [0.4, 0.5) is 0 Å². The summed E-state index contributed by atoms with van der Waals surface area (Å²) in [6.07, 6.45) is 8.84. The first-order valence-corrected chi connectivity index (χ1v) is 9.90. The highest BCUT2D eigenvalue weighted by Gasteiger charge is 2.48. The van der Waals surface area contributed by atoms with Crippen LogP contribution < -0.4 is 0 Å². The molecule has 3 aliphatic rings. The first kappa shape index (κ1) is 16.9. The van der Waals surface area contributed by atoms with Gasteiger partial charge in [0.15, 0.2) is 0 Å². The Hall–Kier alpha value is -1.55. The van der Waals surface area contributed by atoms with Crippen LogP contribution in [0.15, 0.2) is 24.3 Å². The molecule has 134 valence electrons. The van der Waals surface area contributed by atoms with Crippen LogP contribution in [0.2, 0.25) is 5.02 Å². The van der Waals surface area contributed by atoms with Gasteiger partial charge in [-0.15, -0.1) is 0 Å². The Morgan fingerprint density at radius 3 is 2.08 bits per heavy atom. The van der Waals surface area contributed by atoms with Crippen molar-refractivity contribution in [2.75, 3.05) is 6.54 Å². The fourth-order valence-corrected chi connectivity index (χ4v) is 4.45. The molecule has 1 saturated heterocycles. The number of amides is 2. The molecule has 0 unspecified atom stereocenters. The van der Waals surface area contributed by atoms with E-state index < -0.39 is 6.04 Å². The summed E-state index contributed by atoms with van der Waals surface area (Å²) in [5, 5.41) is 0.650. The van der Waals surface area contributed by atoms with Crippen LogP contribution >= 0.6 is 11.6 Å². The minimum absolute atomic E-state index is 0.0979. The molecule has 3 fully saturated rings. The van der Waals surface area contributed by atoms with Crippen molar-refractivity contribution in [1.29, 1.82) is 0 Å². The number of carbonyl (C=O) groups excluding carboxylic acids is 2. The van der Waals surface area contributed by atoms with Gasteiger partial charge < -0.3 is 9.80 Å². The van der Waals surface area contributed by atoms with E-state index in [4.69, 9.17) is 11.6 Å². The lowest BCUT2D eigenvalue weighted by molar-refractivity contribution is -0.159. The second-order valence-electron chi connectivity index (χ2n) is 7.60. The van der Waals surface area contributed by atoms with Crippen LogP contribution in [0, 0.1) is 0 Å². The van der Waals surface area contributed by atoms with Gasteiger partial charge in [-0.2, -0.15) is 0 Å². The molecule has 1 atom stereocenters. The summed E-state index contributed by atoms with van der Waals surface area (Å²) in [4.78, 5) is 30.1. The Balaban J connectivity index is 1.65. The van der Waals surface area contributed by atoms with E-state index in [0.717, 1.165) is 44.1 Å². The van der Waals surface area contributed by atoms with E-state index in [1.54, 1.807) is 0 Å². The fraction of sp³-hybridized carbons (Fsp3) is 0.600. The van der Waals surface area contributed by atoms with Crippen molar-refractivity contribution in [1.82, 2.24) is 9.80 Å². The average Bonchev–Trinajstić information content (AvgIpc) is 3.44. The van der Waals surface area contributed by atoms with E-state index in [-0.39, 0.29) is 30.4 Å². The SMILES string of the molecule is O=C1[C@H](c2ccc(Cl)cc2)N(C2CC2)C(=O)CN1C1CCCCCC1. The molecule has 1 aromatic carbocycles. The van der Waals surface area contributed by atoms with E-state index in [1.165, 1.54) is 12.8 Å². The van der Waals surface area contributed by atoms with Crippen molar-refractivity contribution < 1.29 is 9.59 Å². The number of halogens is 1. The molecule has 2 amide bonds. The maximum Gasteiger partial charge on any atom is 0.250 e. The van der Waals surface area contributed by atoms with E-state index in [9.17, 15) is 9.59 Å². The van der Waals surface area contributed by atoms with Crippen LogP contribution in [0.25, 0.3) is 0 Å². The summed E-state index contributed by atoms with van der Waals surface area (Å²) in [5.41, 5.74) is 0.882. The Labute approximate surface area is 154 Å². The molecule has 0 radical (unpaired) electrons. The standard InChI is InChI=1S/C20H25ClN2O2/c21-15-9-7-14(8-10-15)19-20(25)22(16-5-3-1-2-4-6-16)13-18(24)23(19)17-11-12-17/h7-10,16-17,19H,1-6,11-13H2/t19-/m0/s1. The lowest BCUT2D eigenvalue weighted by Gasteiger charge is -2.43. The molecular formula is C20H25ClN2O2. The zero-order valence-electron chi connectivity index (χ0n) is 14.5. The number of piperazine rings is 1. The maximum atomic E-state index is 13.4. The van der Waals surface area contributed by atoms with Crippen LogP contribution in [-0.4, -0.2) is 40.2 Å². The molecule has 0 N–H and O–H groups in total. The topological polar surface area (TPSA) is 40.6 Å². The molecule has 1 aliphatic heterocycles. The molecule has 4 rings (SSSR count). The van der Waals surface area contributed by atoms with E-state index in [0.29, 0.717) is 5.02 Å². The minimum atomic E-state index is -0.478. The summed E-state index contributed by atoms with van der Waals surface area (Å²) < 4.78 is 0. The number of hydrogen-bond donors (Lipinski definition) is 0. The van der Waals surface area contributed by atoms with Crippen LogP contribution in [0.1, 0.15) is 63.0 Å². The van der Waals surface area contributed by atoms with Gasteiger partial charge in [0.2, 0.25) is 5.91 Å². The first-order chi connectivity index (χ1) is 12.1. The van der Waals surface area contributed by atoms with Gasteiger partial charge in [-0.25, -0.2) is 0 Å². The van der Waals surface area contributed by atoms with Gasteiger partial charge in [0.1, 0.15) is 12.6 Å². The van der Waals surface area contributed by atoms with Crippen molar-refractivity contribution in [2.45, 2.75) is 69.5 Å². The van der Waals surface area contributed by atoms with Crippen molar-refractivity contribution in [3.05, 3.63) is 34.9 Å². The largest absolute Gasteiger partial charge is 0.328 e. The Morgan fingerprint density at radius 2 is 1.48 bits per heavy atom. The second kappa shape index (κ2) is 6.99. The third kappa shape index (κ3) is 3.41. The van der Waals surface area contributed by atoms with E-state index in [2.05, 4.69) is 0 Å². The number of rotatable bonds is 3. The maximum absolute atomic E-state index is 13.4. The molecule has 4 nitrogen and oxygen atoms in total. The van der Waals surface area contributed by atoms with Crippen molar-refractivity contribution in [2.24, 2.45) is 0 Å². The molecule has 1 heterocycles. The number of benzene rings is 1. The second-order valence-corrected chi connectivity index (χ2v) is 8.03. The number of carbonyl (C=O) groups is 2. The molecule has 25 heavy (non-hydrogen) atoms. The predicted octanol–water partition coefficient (Wildman–Crippen LogP) is 3.94. The zero-order chi connectivity index (χ0) is 17.4. The van der Waals surface area contributed by atoms with Crippen molar-refractivity contribution >= 4 is 23.4 Å². The fourth-order valence-electron chi connectivity index (χ4n) is 4.32. The Bertz CT molecular complexity index is 648. The summed E-state index contributed by atoms with van der Waals surface area (Å²) in [6, 6.07) is 7.38. The van der Waals surface area contributed by atoms with Crippen LogP contribution in [0.5, 0.6) is 0 Å². The molecule has 2 aliphatic carbocycles. The quantitative estimate of drug-likeness (QED) is 0.766. The highest BCUT2D eigenvalue weighted by Crippen LogP contribution is 2.39. The normalized spacial score (nSPS) is 26.0. The third-order valence-corrected chi connectivity index (χ3v) is 6.03. The minimum Gasteiger partial charge on any atom is -0.328 e.